The Balaban J connectivity index is 3.90. The second kappa shape index (κ2) is 4.13. The average molecular weight is 127 g/mol. The molecule has 9 heavy (non-hydrogen) atoms. The molecular weight excluding hydrogens is 114 g/mol. The highest BCUT2D eigenvalue weighted by Crippen LogP contribution is 1.90. The van der Waals surface area contributed by atoms with Gasteiger partial charge in [-0.2, -0.15) is 0 Å². The van der Waals surface area contributed by atoms with Gasteiger partial charge in [0.2, 0.25) is 0 Å². The lowest BCUT2D eigenvalue weighted by molar-refractivity contribution is 0.213. The van der Waals surface area contributed by atoms with Crippen molar-refractivity contribution in [2.75, 3.05) is 7.11 Å². The molecule has 52 valence electrons. The Labute approximate surface area is 56.2 Å². The zero-order valence-corrected chi connectivity index (χ0v) is 6.43. The third-order valence-electron chi connectivity index (χ3n) is 0.733. The molecule has 0 radical (unpaired) electrons. The van der Waals surface area contributed by atoms with E-state index in [1.807, 2.05) is 26.8 Å². The molecule has 0 aromatic carbocycles. The van der Waals surface area contributed by atoms with Gasteiger partial charge in [0, 0.05) is 0 Å². The van der Waals surface area contributed by atoms with Crippen molar-refractivity contribution in [3.8, 4) is 0 Å². The van der Waals surface area contributed by atoms with Crippen LogP contribution in [0, 0.1) is 0 Å². The summed E-state index contributed by atoms with van der Waals surface area (Å²) in [7, 11) is 1.54. The summed E-state index contributed by atoms with van der Waals surface area (Å²) in [5.41, 5.74) is 2.13. The van der Waals surface area contributed by atoms with Crippen LogP contribution in [0.4, 0.5) is 0 Å². The summed E-state index contributed by atoms with van der Waals surface area (Å²) in [6.07, 6.45) is 1.96. The van der Waals surface area contributed by atoms with Crippen LogP contribution >= 0.6 is 0 Å². The Kier molecular flexibility index (Phi) is 3.76. The van der Waals surface area contributed by atoms with E-state index in [1.54, 1.807) is 7.11 Å². The molecule has 0 saturated carbocycles. The molecule has 2 heteroatoms. The van der Waals surface area contributed by atoms with Gasteiger partial charge in [-0.15, -0.1) is 0 Å². The standard InChI is InChI=1S/C7H13NO/c1-6(2)5-7(3)8-9-4/h5H,1-4H3/b8-7-. The Bertz CT molecular complexity index is 132. The Morgan fingerprint density at radius 3 is 2.22 bits per heavy atom. The van der Waals surface area contributed by atoms with Gasteiger partial charge >= 0.3 is 0 Å². The minimum absolute atomic E-state index is 0.900. The van der Waals surface area contributed by atoms with Gasteiger partial charge in [-0.05, 0) is 26.8 Å². The molecule has 0 aliphatic carbocycles. The zero-order chi connectivity index (χ0) is 7.28. The predicted molar refractivity (Wildman–Crippen MR) is 39.5 cm³/mol. The van der Waals surface area contributed by atoms with Crippen LogP contribution < -0.4 is 0 Å². The number of oxime groups is 1. The maximum absolute atomic E-state index is 4.55. The maximum atomic E-state index is 4.55. The Hall–Kier alpha value is -0.790. The summed E-state index contributed by atoms with van der Waals surface area (Å²) in [6.45, 7) is 5.94. The van der Waals surface area contributed by atoms with Gasteiger partial charge in [0.1, 0.15) is 7.11 Å². The van der Waals surface area contributed by atoms with Crippen molar-refractivity contribution in [3.05, 3.63) is 11.6 Å². The van der Waals surface area contributed by atoms with Crippen LogP contribution in [0.2, 0.25) is 0 Å². The van der Waals surface area contributed by atoms with Crippen molar-refractivity contribution < 1.29 is 4.84 Å². The van der Waals surface area contributed by atoms with E-state index < -0.39 is 0 Å². The lowest BCUT2D eigenvalue weighted by atomic mass is 10.3. The topological polar surface area (TPSA) is 21.6 Å². The first-order chi connectivity index (χ1) is 4.16. The van der Waals surface area contributed by atoms with Crippen molar-refractivity contribution in [1.82, 2.24) is 0 Å². The third kappa shape index (κ3) is 5.07. The average Bonchev–Trinajstić information content (AvgIpc) is 1.63. The fraction of sp³-hybridized carbons (Fsp3) is 0.571. The highest BCUT2D eigenvalue weighted by atomic mass is 16.6. The van der Waals surface area contributed by atoms with E-state index in [4.69, 9.17) is 0 Å². The van der Waals surface area contributed by atoms with Gasteiger partial charge in [0.05, 0.1) is 5.71 Å². The SMILES string of the molecule is CO/N=C(/C)C=C(C)C. The summed E-state index contributed by atoms with van der Waals surface area (Å²) in [5, 5.41) is 3.70. The number of rotatable bonds is 2. The van der Waals surface area contributed by atoms with Crippen LogP contribution in [-0.4, -0.2) is 12.8 Å². The van der Waals surface area contributed by atoms with Crippen LogP contribution in [-0.2, 0) is 4.84 Å². The molecule has 2 nitrogen and oxygen atoms in total. The molecule has 0 fully saturated rings. The van der Waals surface area contributed by atoms with Crippen LogP contribution in [0.25, 0.3) is 0 Å². The van der Waals surface area contributed by atoms with Crippen LogP contribution in [0.5, 0.6) is 0 Å². The number of allylic oxidation sites excluding steroid dienone is 2. The van der Waals surface area contributed by atoms with E-state index >= 15 is 0 Å². The lowest BCUT2D eigenvalue weighted by Gasteiger charge is -1.90. The van der Waals surface area contributed by atoms with Crippen molar-refractivity contribution in [1.29, 1.82) is 0 Å². The van der Waals surface area contributed by atoms with Crippen molar-refractivity contribution in [3.63, 3.8) is 0 Å². The minimum atomic E-state index is 0.900. The number of hydrogen-bond acceptors (Lipinski definition) is 2. The van der Waals surface area contributed by atoms with Gasteiger partial charge in [-0.25, -0.2) is 0 Å². The first-order valence-corrected chi connectivity index (χ1v) is 2.89. The summed E-state index contributed by atoms with van der Waals surface area (Å²) in [6, 6.07) is 0. The molecule has 0 unspecified atom stereocenters. The molecule has 0 bridgehead atoms. The van der Waals surface area contributed by atoms with Gasteiger partial charge in [0.15, 0.2) is 0 Å². The lowest BCUT2D eigenvalue weighted by Crippen LogP contribution is -1.86. The van der Waals surface area contributed by atoms with Gasteiger partial charge in [-0.1, -0.05) is 10.7 Å². The van der Waals surface area contributed by atoms with E-state index in [-0.39, 0.29) is 0 Å². The third-order valence-corrected chi connectivity index (χ3v) is 0.733. The monoisotopic (exact) mass is 127 g/mol. The molecule has 0 atom stereocenters. The maximum Gasteiger partial charge on any atom is 0.106 e. The summed E-state index contributed by atoms with van der Waals surface area (Å²) in [4.78, 5) is 4.55. The normalized spacial score (nSPS) is 10.9. The van der Waals surface area contributed by atoms with E-state index in [9.17, 15) is 0 Å². The molecule has 0 saturated heterocycles. The second-order valence-electron chi connectivity index (χ2n) is 2.14. The number of nitrogens with zero attached hydrogens (tertiary/aromatic N) is 1. The van der Waals surface area contributed by atoms with E-state index in [2.05, 4.69) is 9.99 Å². The van der Waals surface area contributed by atoms with Crippen molar-refractivity contribution in [2.45, 2.75) is 20.8 Å². The molecule has 0 aliphatic rings. The molecular formula is C7H13NO. The van der Waals surface area contributed by atoms with Gasteiger partial charge in [-0.3, -0.25) is 0 Å². The molecule has 0 amide bonds. The second-order valence-corrected chi connectivity index (χ2v) is 2.14. The smallest absolute Gasteiger partial charge is 0.106 e. The van der Waals surface area contributed by atoms with Crippen LogP contribution in [0.3, 0.4) is 0 Å². The molecule has 0 aromatic rings. The molecule has 0 aromatic heterocycles. The van der Waals surface area contributed by atoms with Crippen molar-refractivity contribution >= 4 is 5.71 Å². The number of hydrogen-bond donors (Lipinski definition) is 0. The highest BCUT2D eigenvalue weighted by molar-refractivity contribution is 5.92. The van der Waals surface area contributed by atoms with Crippen LogP contribution in [0.1, 0.15) is 20.8 Å². The van der Waals surface area contributed by atoms with Crippen molar-refractivity contribution in [2.24, 2.45) is 5.16 Å². The largest absolute Gasteiger partial charge is 0.399 e. The first kappa shape index (κ1) is 8.21. The molecule has 0 rings (SSSR count). The summed E-state index contributed by atoms with van der Waals surface area (Å²) < 4.78 is 0. The zero-order valence-electron chi connectivity index (χ0n) is 6.43. The Morgan fingerprint density at radius 2 is 1.89 bits per heavy atom. The molecule has 0 N–H and O–H groups in total. The van der Waals surface area contributed by atoms with Crippen LogP contribution in [0.15, 0.2) is 16.8 Å². The van der Waals surface area contributed by atoms with E-state index in [0.717, 1.165) is 5.71 Å². The van der Waals surface area contributed by atoms with E-state index in [0.29, 0.717) is 0 Å². The summed E-state index contributed by atoms with van der Waals surface area (Å²) >= 11 is 0. The van der Waals surface area contributed by atoms with Gasteiger partial charge < -0.3 is 4.84 Å². The van der Waals surface area contributed by atoms with E-state index in [1.165, 1.54) is 5.57 Å². The Morgan fingerprint density at radius 1 is 1.33 bits per heavy atom. The molecule has 0 aliphatic heterocycles. The fourth-order valence-corrected chi connectivity index (χ4v) is 0.588. The fourth-order valence-electron chi connectivity index (χ4n) is 0.588. The molecule has 0 heterocycles. The molecule has 0 spiro atoms. The minimum Gasteiger partial charge on any atom is -0.399 e. The van der Waals surface area contributed by atoms with Gasteiger partial charge in [0.25, 0.3) is 0 Å². The highest BCUT2D eigenvalue weighted by Gasteiger charge is 1.82. The summed E-state index contributed by atoms with van der Waals surface area (Å²) in [5.74, 6) is 0. The quantitative estimate of drug-likeness (QED) is 0.410. The predicted octanol–water partition coefficient (Wildman–Crippen LogP) is 1.97. The first-order valence-electron chi connectivity index (χ1n) is 2.89.